The number of aliphatic carboxylic acids is 1. The van der Waals surface area contributed by atoms with E-state index in [0.29, 0.717) is 18.4 Å². The molecule has 0 saturated carbocycles. The lowest BCUT2D eigenvalue weighted by Crippen LogP contribution is -2.12. The largest absolute Gasteiger partial charge is 0.481 e. The third-order valence-corrected chi connectivity index (χ3v) is 5.72. The Morgan fingerprint density at radius 3 is 2.26 bits per heavy atom. The topological polar surface area (TPSA) is 59.3 Å². The quantitative estimate of drug-likeness (QED) is 0.360. The third-order valence-electron chi connectivity index (χ3n) is 5.72. The normalized spacial score (nSPS) is 12.0. The lowest BCUT2D eigenvalue weighted by molar-refractivity contribution is -0.136. The van der Waals surface area contributed by atoms with E-state index in [0.717, 1.165) is 27.7 Å². The molecule has 1 heterocycles. The molecule has 1 atom stereocenters. The van der Waals surface area contributed by atoms with Gasteiger partial charge in [-0.25, -0.2) is 0 Å². The van der Waals surface area contributed by atoms with Gasteiger partial charge in [-0.15, -0.1) is 0 Å². The number of Topliss-reactive ketones (excluding diaryl/α,β-unsaturated/α-hetero) is 1. The first-order valence-electron chi connectivity index (χ1n) is 10.6. The molecular weight excluding hydrogens is 386 g/mol. The molecule has 1 aromatic heterocycles. The molecule has 0 bridgehead atoms. The zero-order valence-corrected chi connectivity index (χ0v) is 17.5. The van der Waals surface area contributed by atoms with Gasteiger partial charge >= 0.3 is 5.97 Å². The first kappa shape index (κ1) is 20.6. The molecule has 0 fully saturated rings. The second-order valence-corrected chi connectivity index (χ2v) is 7.73. The van der Waals surface area contributed by atoms with Crippen molar-refractivity contribution in [1.29, 1.82) is 0 Å². The van der Waals surface area contributed by atoms with E-state index in [1.54, 1.807) is 0 Å². The number of nitrogens with zero attached hydrogens (tertiary/aromatic N) is 1. The van der Waals surface area contributed by atoms with E-state index in [2.05, 4.69) is 0 Å². The van der Waals surface area contributed by atoms with Crippen LogP contribution < -0.4 is 0 Å². The number of aromatic nitrogens is 1. The maximum absolute atomic E-state index is 13.7. The van der Waals surface area contributed by atoms with Crippen molar-refractivity contribution in [3.63, 3.8) is 0 Å². The number of carboxylic acid groups (broad SMARTS) is 1. The van der Waals surface area contributed by atoms with Crippen molar-refractivity contribution in [1.82, 2.24) is 4.57 Å². The predicted molar refractivity (Wildman–Crippen MR) is 123 cm³/mol. The molecular formula is C27H25NO3. The fourth-order valence-corrected chi connectivity index (χ4v) is 4.13. The lowest BCUT2D eigenvalue weighted by Gasteiger charge is -2.14. The smallest absolute Gasteiger partial charge is 0.303 e. The standard InChI is InChI=1S/C27H25NO3/c1-2-22(20-9-5-3-6-10-20)27(31)24-18-28(21-11-7-4-8-12-21)25-15-13-19(17-23(24)25)14-16-26(29)30/h3-13,15,17-18,22H,2,14,16H2,1H3,(H,29,30). The number of carboxylic acids is 1. The fraction of sp³-hybridized carbons (Fsp3) is 0.185. The number of hydrogen-bond donors (Lipinski definition) is 1. The van der Waals surface area contributed by atoms with Crippen LogP contribution in [-0.4, -0.2) is 21.4 Å². The molecule has 0 amide bonds. The minimum atomic E-state index is -0.826. The van der Waals surface area contributed by atoms with Gasteiger partial charge in [-0.2, -0.15) is 0 Å². The minimum Gasteiger partial charge on any atom is -0.481 e. The van der Waals surface area contributed by atoms with Crippen LogP contribution in [0, 0.1) is 0 Å². The number of rotatable bonds is 8. The van der Waals surface area contributed by atoms with Gasteiger partial charge in [0.05, 0.1) is 5.52 Å². The molecule has 1 unspecified atom stereocenters. The van der Waals surface area contributed by atoms with Gasteiger partial charge in [-0.3, -0.25) is 9.59 Å². The Morgan fingerprint density at radius 1 is 0.935 bits per heavy atom. The first-order valence-corrected chi connectivity index (χ1v) is 10.6. The first-order chi connectivity index (χ1) is 15.1. The van der Waals surface area contributed by atoms with Gasteiger partial charge in [0.2, 0.25) is 0 Å². The summed E-state index contributed by atoms with van der Waals surface area (Å²) in [5.74, 6) is -0.962. The number of aryl methyl sites for hydroxylation is 1. The summed E-state index contributed by atoms with van der Waals surface area (Å²) in [7, 11) is 0. The average Bonchev–Trinajstić information content (AvgIpc) is 3.18. The number of benzene rings is 3. The third kappa shape index (κ3) is 4.29. The van der Waals surface area contributed by atoms with Crippen LogP contribution in [0.25, 0.3) is 16.6 Å². The fourth-order valence-electron chi connectivity index (χ4n) is 4.13. The second-order valence-electron chi connectivity index (χ2n) is 7.73. The van der Waals surface area contributed by atoms with Crippen LogP contribution in [0.1, 0.15) is 47.2 Å². The minimum absolute atomic E-state index is 0.0653. The Balaban J connectivity index is 1.85. The molecule has 156 valence electrons. The molecule has 31 heavy (non-hydrogen) atoms. The van der Waals surface area contributed by atoms with Crippen LogP contribution in [0.4, 0.5) is 0 Å². The zero-order chi connectivity index (χ0) is 21.8. The number of ketones is 1. The van der Waals surface area contributed by atoms with E-state index in [1.807, 2.05) is 96.6 Å². The zero-order valence-electron chi connectivity index (χ0n) is 17.5. The number of carbonyl (C=O) groups is 2. The molecule has 4 rings (SSSR count). The molecule has 3 aromatic carbocycles. The molecule has 4 aromatic rings. The van der Waals surface area contributed by atoms with E-state index in [-0.39, 0.29) is 18.1 Å². The summed E-state index contributed by atoms with van der Waals surface area (Å²) in [5.41, 5.74) is 4.53. The highest BCUT2D eigenvalue weighted by Crippen LogP contribution is 2.32. The van der Waals surface area contributed by atoms with Crippen molar-refractivity contribution in [2.75, 3.05) is 0 Å². The number of carbonyl (C=O) groups excluding carboxylic acids is 1. The van der Waals surface area contributed by atoms with E-state index in [1.165, 1.54) is 0 Å². The molecule has 4 heteroatoms. The second kappa shape index (κ2) is 9.00. The Morgan fingerprint density at radius 2 is 1.61 bits per heavy atom. The number of para-hydroxylation sites is 1. The summed E-state index contributed by atoms with van der Waals surface area (Å²) < 4.78 is 2.04. The SMILES string of the molecule is CCC(C(=O)c1cn(-c2ccccc2)c2ccc(CCC(=O)O)cc12)c1ccccc1. The van der Waals surface area contributed by atoms with Gasteiger partial charge in [-0.1, -0.05) is 61.5 Å². The van der Waals surface area contributed by atoms with Crippen LogP contribution in [0.15, 0.2) is 85.1 Å². The molecule has 4 nitrogen and oxygen atoms in total. The van der Waals surface area contributed by atoms with Crippen molar-refractivity contribution in [3.8, 4) is 5.69 Å². The Bertz CT molecular complexity index is 1210. The highest BCUT2D eigenvalue weighted by molar-refractivity contribution is 6.11. The highest BCUT2D eigenvalue weighted by Gasteiger charge is 2.24. The Hall–Kier alpha value is -3.66. The van der Waals surface area contributed by atoms with Crippen molar-refractivity contribution >= 4 is 22.7 Å². The summed E-state index contributed by atoms with van der Waals surface area (Å²) in [6.45, 7) is 2.03. The van der Waals surface area contributed by atoms with Gasteiger partial charge in [0.15, 0.2) is 5.78 Å². The molecule has 0 radical (unpaired) electrons. The van der Waals surface area contributed by atoms with Crippen LogP contribution >= 0.6 is 0 Å². The van der Waals surface area contributed by atoms with Crippen LogP contribution in [0.3, 0.4) is 0 Å². The van der Waals surface area contributed by atoms with E-state index in [9.17, 15) is 9.59 Å². The summed E-state index contributed by atoms with van der Waals surface area (Å²) in [4.78, 5) is 24.7. The summed E-state index contributed by atoms with van der Waals surface area (Å²) in [6.07, 6.45) is 3.13. The van der Waals surface area contributed by atoms with E-state index >= 15 is 0 Å². The van der Waals surface area contributed by atoms with E-state index < -0.39 is 5.97 Å². The van der Waals surface area contributed by atoms with E-state index in [4.69, 9.17) is 5.11 Å². The summed E-state index contributed by atoms with van der Waals surface area (Å²) in [5, 5.41) is 9.92. The number of hydrogen-bond acceptors (Lipinski definition) is 2. The maximum atomic E-state index is 13.7. The molecule has 0 aliphatic heterocycles. The van der Waals surface area contributed by atoms with Crippen molar-refractivity contribution in [2.24, 2.45) is 0 Å². The van der Waals surface area contributed by atoms with Crippen LogP contribution in [0.2, 0.25) is 0 Å². The molecule has 1 N–H and O–H groups in total. The monoisotopic (exact) mass is 411 g/mol. The Labute approximate surface area is 181 Å². The highest BCUT2D eigenvalue weighted by atomic mass is 16.4. The molecule has 0 saturated heterocycles. The Kier molecular flexibility index (Phi) is 5.99. The van der Waals surface area contributed by atoms with Gasteiger partial charge in [0.1, 0.15) is 0 Å². The maximum Gasteiger partial charge on any atom is 0.303 e. The van der Waals surface area contributed by atoms with Crippen molar-refractivity contribution < 1.29 is 14.7 Å². The van der Waals surface area contributed by atoms with Gasteiger partial charge < -0.3 is 9.67 Å². The van der Waals surface area contributed by atoms with Gasteiger partial charge in [0.25, 0.3) is 0 Å². The summed E-state index contributed by atoms with van der Waals surface area (Å²) >= 11 is 0. The number of fused-ring (bicyclic) bond motifs is 1. The molecule has 0 aliphatic carbocycles. The predicted octanol–water partition coefficient (Wildman–Crippen LogP) is 6.02. The summed E-state index contributed by atoms with van der Waals surface area (Å²) in [6, 6.07) is 25.7. The molecule has 0 aliphatic rings. The van der Waals surface area contributed by atoms with Crippen LogP contribution in [0.5, 0.6) is 0 Å². The van der Waals surface area contributed by atoms with Crippen molar-refractivity contribution in [2.45, 2.75) is 32.1 Å². The van der Waals surface area contributed by atoms with Gasteiger partial charge in [-0.05, 0) is 48.2 Å². The van der Waals surface area contributed by atoms with Crippen LogP contribution in [-0.2, 0) is 11.2 Å². The average molecular weight is 412 g/mol. The lowest BCUT2D eigenvalue weighted by atomic mass is 9.88. The van der Waals surface area contributed by atoms with Gasteiger partial charge in [0, 0.05) is 35.2 Å². The molecule has 0 spiro atoms. The van der Waals surface area contributed by atoms with Crippen molar-refractivity contribution in [3.05, 3.63) is 102 Å².